The highest BCUT2D eigenvalue weighted by Gasteiger charge is 2.61. The van der Waals surface area contributed by atoms with Crippen LogP contribution in [-0.4, -0.2) is 168 Å². The molecule has 3 fully saturated rings. The molecule has 0 radical (unpaired) electrons. The Kier molecular flexibility index (Phi) is 16.9. The number of ether oxygens (including phenoxy) is 6. The average molecular weight is 731 g/mol. The van der Waals surface area contributed by atoms with Gasteiger partial charge in [0.25, 0.3) is 0 Å². The first kappa shape index (κ1) is 47.1. The second-order valence-electron chi connectivity index (χ2n) is 16.0. The summed E-state index contributed by atoms with van der Waals surface area (Å²) in [5.41, 5.74) is 0.0577. The van der Waals surface area contributed by atoms with Crippen molar-refractivity contribution in [3.05, 3.63) is 12.2 Å². The maximum atomic E-state index is 10.5. The molecule has 0 spiro atoms. The smallest absolute Gasteiger partial charge is 0.222 e. The van der Waals surface area contributed by atoms with Crippen LogP contribution in [0.1, 0.15) is 82.6 Å². The first-order valence-electron chi connectivity index (χ1n) is 16.9. The molecule has 12 atom stereocenters. The SMILES string of the molecule is C=C(C)C(C)(C)C.CC(C)(C)O[C@]1(CO)O[C@H](CO)[C@@H](O)[C@H]1O.CC[C@@H]1O[C@](CO)(OC[C@@]2(OC(C)(C)C)O[C@H](CO)[C@@H](O)[C@H]2O)[C@H](O)[C@@H]1O. The standard InChI is InChI=1S/C17H32O10.C10H20O6.C7H14/c1-5-9-11(20)13(22)16(7-19,25-9)24-8-17(27-15(2,3)4)14(23)12(21)10(6-18)26-17;1-9(2,3)16-10(5-12)8(14)7(13)6(4-11)15-10;1-6(2)7(3,4)5/h9-14,18-23H,5-8H2,1-4H3;6-8,11-14H,4-5H2,1-3H3;1H2,2-5H3/t9-,10+,11+,12+,13+,14+,16-,17-;6-,7-,8-,10+;/m01./s1. The van der Waals surface area contributed by atoms with E-state index in [-0.39, 0.29) is 0 Å². The second-order valence-corrected chi connectivity index (χ2v) is 16.0. The van der Waals surface area contributed by atoms with E-state index in [4.69, 9.17) is 33.5 Å². The van der Waals surface area contributed by atoms with Gasteiger partial charge in [0.05, 0.1) is 30.5 Å². The van der Waals surface area contributed by atoms with Gasteiger partial charge in [-0.2, -0.15) is 0 Å². The van der Waals surface area contributed by atoms with Crippen LogP contribution >= 0.6 is 0 Å². The van der Waals surface area contributed by atoms with E-state index in [0.29, 0.717) is 11.8 Å². The minimum absolute atomic E-state index is 0.306. The fraction of sp³-hybridized carbons (Fsp3) is 0.941. The largest absolute Gasteiger partial charge is 0.394 e. The topological polar surface area (TPSA) is 258 Å². The molecule has 3 rings (SSSR count). The van der Waals surface area contributed by atoms with E-state index in [1.165, 1.54) is 5.57 Å². The Morgan fingerprint density at radius 2 is 0.920 bits per heavy atom. The Morgan fingerprint density at radius 1 is 0.600 bits per heavy atom. The molecule has 3 aliphatic heterocycles. The van der Waals surface area contributed by atoms with Crippen molar-refractivity contribution in [3.8, 4) is 0 Å². The maximum Gasteiger partial charge on any atom is 0.222 e. The lowest BCUT2D eigenvalue weighted by Crippen LogP contribution is -2.57. The van der Waals surface area contributed by atoms with Crippen LogP contribution in [0, 0.1) is 5.41 Å². The van der Waals surface area contributed by atoms with Crippen LogP contribution in [0.25, 0.3) is 0 Å². The molecule has 16 nitrogen and oxygen atoms in total. The molecule has 0 aromatic rings. The molecule has 0 aliphatic carbocycles. The quantitative estimate of drug-likeness (QED) is 0.122. The second kappa shape index (κ2) is 18.0. The molecular weight excluding hydrogens is 664 g/mol. The van der Waals surface area contributed by atoms with Crippen molar-refractivity contribution in [2.24, 2.45) is 5.41 Å². The van der Waals surface area contributed by atoms with Gasteiger partial charge in [0.2, 0.25) is 17.4 Å². The molecule has 10 N–H and O–H groups in total. The van der Waals surface area contributed by atoms with Crippen LogP contribution in [0.15, 0.2) is 12.2 Å². The fourth-order valence-electron chi connectivity index (χ4n) is 5.23. The predicted molar refractivity (Wildman–Crippen MR) is 179 cm³/mol. The molecule has 0 aromatic carbocycles. The van der Waals surface area contributed by atoms with Gasteiger partial charge in [0.1, 0.15) is 68.7 Å². The van der Waals surface area contributed by atoms with Crippen molar-refractivity contribution in [2.45, 2.75) is 166 Å². The first-order chi connectivity index (χ1) is 22.6. The molecule has 16 heteroatoms. The van der Waals surface area contributed by atoms with Gasteiger partial charge in [-0.1, -0.05) is 39.8 Å². The molecule has 0 bridgehead atoms. The molecule has 0 amide bonds. The summed E-state index contributed by atoms with van der Waals surface area (Å²) in [6.07, 6.45) is -10.9. The minimum Gasteiger partial charge on any atom is -0.394 e. The van der Waals surface area contributed by atoms with Crippen molar-refractivity contribution < 1.29 is 79.5 Å². The summed E-state index contributed by atoms with van der Waals surface area (Å²) >= 11 is 0. The highest BCUT2D eigenvalue weighted by atomic mass is 16.8. The molecule has 0 unspecified atom stereocenters. The number of allylic oxidation sites excluding steroid dienone is 1. The molecule has 3 aliphatic rings. The Labute approximate surface area is 296 Å². The molecule has 50 heavy (non-hydrogen) atoms. The maximum absolute atomic E-state index is 10.5. The lowest BCUT2D eigenvalue weighted by atomic mass is 9.89. The van der Waals surface area contributed by atoms with Gasteiger partial charge in [0, 0.05) is 0 Å². The van der Waals surface area contributed by atoms with Crippen molar-refractivity contribution in [1.82, 2.24) is 0 Å². The van der Waals surface area contributed by atoms with Crippen LogP contribution in [0.3, 0.4) is 0 Å². The Hall–Kier alpha value is -0.900. The van der Waals surface area contributed by atoms with Gasteiger partial charge < -0.3 is 79.5 Å². The number of rotatable bonds is 10. The molecular formula is C34H66O16. The zero-order valence-corrected chi connectivity index (χ0v) is 31.6. The first-order valence-corrected chi connectivity index (χ1v) is 16.9. The lowest BCUT2D eigenvalue weighted by molar-refractivity contribution is -0.355. The van der Waals surface area contributed by atoms with Crippen LogP contribution in [0.4, 0.5) is 0 Å². The van der Waals surface area contributed by atoms with Gasteiger partial charge >= 0.3 is 0 Å². The third kappa shape index (κ3) is 11.5. The third-order valence-corrected chi connectivity index (χ3v) is 8.48. The van der Waals surface area contributed by atoms with Crippen molar-refractivity contribution in [1.29, 1.82) is 0 Å². The molecule has 0 aromatic heterocycles. The average Bonchev–Trinajstić information content (AvgIpc) is 3.50. The van der Waals surface area contributed by atoms with E-state index in [9.17, 15) is 46.0 Å². The normalized spacial score (nSPS) is 39.1. The van der Waals surface area contributed by atoms with Gasteiger partial charge in [-0.05, 0) is 60.3 Å². The van der Waals surface area contributed by atoms with E-state index in [1.54, 1.807) is 48.5 Å². The zero-order chi connectivity index (χ0) is 39.3. The predicted octanol–water partition coefficient (Wildman–Crippen LogP) is -0.942. The van der Waals surface area contributed by atoms with Crippen LogP contribution in [0.2, 0.25) is 0 Å². The van der Waals surface area contributed by atoms with E-state index in [1.807, 2.05) is 0 Å². The fourth-order valence-corrected chi connectivity index (χ4v) is 5.23. The molecule has 3 heterocycles. The molecule has 3 saturated heterocycles. The monoisotopic (exact) mass is 730 g/mol. The minimum atomic E-state index is -1.94. The van der Waals surface area contributed by atoms with Crippen LogP contribution in [0.5, 0.6) is 0 Å². The lowest BCUT2D eigenvalue weighted by Gasteiger charge is -2.40. The number of hydrogen-bond acceptors (Lipinski definition) is 16. The summed E-state index contributed by atoms with van der Waals surface area (Å²) in [6, 6.07) is 0. The van der Waals surface area contributed by atoms with Crippen LogP contribution in [-0.2, 0) is 28.4 Å². The summed E-state index contributed by atoms with van der Waals surface area (Å²) in [6.45, 7) is 21.5. The Bertz CT molecular complexity index is 1040. The number of aliphatic hydroxyl groups excluding tert-OH is 10. The van der Waals surface area contributed by atoms with E-state index in [2.05, 4.69) is 34.3 Å². The van der Waals surface area contributed by atoms with Crippen molar-refractivity contribution in [2.75, 3.05) is 33.0 Å². The van der Waals surface area contributed by atoms with E-state index in [0.717, 1.165) is 0 Å². The summed E-state index contributed by atoms with van der Waals surface area (Å²) in [4.78, 5) is 0. The zero-order valence-electron chi connectivity index (χ0n) is 31.6. The Morgan fingerprint density at radius 3 is 1.22 bits per heavy atom. The number of aliphatic hydroxyl groups is 10. The summed E-state index contributed by atoms with van der Waals surface area (Å²) in [5, 5.41) is 97.8. The molecule has 0 saturated carbocycles. The van der Waals surface area contributed by atoms with Crippen LogP contribution < -0.4 is 0 Å². The summed E-state index contributed by atoms with van der Waals surface area (Å²) in [7, 11) is 0. The van der Waals surface area contributed by atoms with Crippen molar-refractivity contribution in [3.63, 3.8) is 0 Å². The molecule has 298 valence electrons. The highest BCUT2D eigenvalue weighted by molar-refractivity contribution is 5.02. The Balaban J connectivity index is 0.000000457. The van der Waals surface area contributed by atoms with Gasteiger partial charge in [-0.15, -0.1) is 0 Å². The van der Waals surface area contributed by atoms with Gasteiger partial charge in [-0.25, -0.2) is 0 Å². The third-order valence-electron chi connectivity index (χ3n) is 8.48. The van der Waals surface area contributed by atoms with E-state index < -0.39 is 117 Å². The van der Waals surface area contributed by atoms with Crippen molar-refractivity contribution >= 4 is 0 Å². The summed E-state index contributed by atoms with van der Waals surface area (Å²) < 4.78 is 33.2. The van der Waals surface area contributed by atoms with E-state index >= 15 is 0 Å². The number of hydrogen-bond donors (Lipinski definition) is 10. The summed E-state index contributed by atoms with van der Waals surface area (Å²) in [5.74, 6) is -5.50. The van der Waals surface area contributed by atoms with Gasteiger partial charge in [-0.3, -0.25) is 0 Å². The highest BCUT2D eigenvalue weighted by Crippen LogP contribution is 2.40. The van der Waals surface area contributed by atoms with Gasteiger partial charge in [0.15, 0.2) is 0 Å².